The summed E-state index contributed by atoms with van der Waals surface area (Å²) in [7, 11) is 0. The maximum atomic E-state index is 5.61. The molecule has 0 fully saturated rings. The van der Waals surface area contributed by atoms with E-state index in [4.69, 9.17) is 15.0 Å². The Morgan fingerprint density at radius 3 is 2.85 bits per heavy atom. The van der Waals surface area contributed by atoms with Gasteiger partial charge in [-0.25, -0.2) is 0 Å². The van der Waals surface area contributed by atoms with Crippen molar-refractivity contribution in [1.82, 2.24) is 5.16 Å². The highest BCUT2D eigenvalue weighted by atomic mass is 16.5. The largest absolute Gasteiger partial charge is 0.381 e. The van der Waals surface area contributed by atoms with E-state index in [1.165, 1.54) is 0 Å². The molecule has 0 aliphatic heterocycles. The maximum absolute atomic E-state index is 5.61. The molecule has 1 heterocycles. The highest BCUT2D eigenvalue weighted by Gasteiger charge is 2.10. The van der Waals surface area contributed by atoms with Gasteiger partial charge in [0.25, 0.3) is 0 Å². The van der Waals surface area contributed by atoms with Crippen LogP contribution in [0.3, 0.4) is 0 Å². The molecule has 0 spiro atoms. The van der Waals surface area contributed by atoms with Crippen LogP contribution in [0.5, 0.6) is 0 Å². The fourth-order valence-corrected chi connectivity index (χ4v) is 1.24. The topological polar surface area (TPSA) is 61.3 Å². The standard InChI is InChI=1S/C9H16N2O2/c1-3-7-8(5-6-12-4-2)13-11-9(7)10/h3-6H2,1-2H3,(H2,10,11). The average molecular weight is 184 g/mol. The Labute approximate surface area is 78.0 Å². The fourth-order valence-electron chi connectivity index (χ4n) is 1.24. The minimum atomic E-state index is 0.508. The van der Waals surface area contributed by atoms with Crippen LogP contribution in [-0.4, -0.2) is 18.4 Å². The Morgan fingerprint density at radius 1 is 1.46 bits per heavy atom. The number of nitrogens with zero attached hydrogens (tertiary/aromatic N) is 1. The number of anilines is 1. The van der Waals surface area contributed by atoms with Gasteiger partial charge in [-0.2, -0.15) is 0 Å². The molecule has 0 aliphatic rings. The molecule has 0 aliphatic carbocycles. The Bertz CT molecular complexity index is 258. The molecule has 0 saturated heterocycles. The predicted molar refractivity (Wildman–Crippen MR) is 50.5 cm³/mol. The van der Waals surface area contributed by atoms with Crippen LogP contribution in [0.15, 0.2) is 4.52 Å². The molecule has 1 aromatic heterocycles. The van der Waals surface area contributed by atoms with Crippen molar-refractivity contribution in [3.05, 3.63) is 11.3 Å². The average Bonchev–Trinajstić information content (AvgIpc) is 2.47. The monoisotopic (exact) mass is 184 g/mol. The lowest BCUT2D eigenvalue weighted by molar-refractivity contribution is 0.145. The lowest BCUT2D eigenvalue weighted by Gasteiger charge is -1.99. The Hall–Kier alpha value is -1.03. The zero-order valence-electron chi connectivity index (χ0n) is 8.17. The summed E-state index contributed by atoms with van der Waals surface area (Å²) in [5.41, 5.74) is 6.62. The molecule has 0 unspecified atom stereocenters. The van der Waals surface area contributed by atoms with Crippen LogP contribution in [0.4, 0.5) is 5.82 Å². The zero-order chi connectivity index (χ0) is 9.68. The maximum Gasteiger partial charge on any atom is 0.170 e. The second kappa shape index (κ2) is 4.87. The van der Waals surface area contributed by atoms with Crippen LogP contribution < -0.4 is 5.73 Å². The van der Waals surface area contributed by atoms with Crippen molar-refractivity contribution in [2.75, 3.05) is 18.9 Å². The first kappa shape index (κ1) is 10.1. The summed E-state index contributed by atoms with van der Waals surface area (Å²) in [6, 6.07) is 0. The minimum absolute atomic E-state index is 0.508. The number of hydrogen-bond donors (Lipinski definition) is 1. The van der Waals surface area contributed by atoms with Crippen molar-refractivity contribution >= 4 is 5.82 Å². The van der Waals surface area contributed by atoms with E-state index >= 15 is 0 Å². The van der Waals surface area contributed by atoms with Gasteiger partial charge in [0.15, 0.2) is 5.82 Å². The molecular formula is C9H16N2O2. The Morgan fingerprint density at radius 2 is 2.23 bits per heavy atom. The fraction of sp³-hybridized carbons (Fsp3) is 0.667. The smallest absolute Gasteiger partial charge is 0.170 e. The molecule has 0 amide bonds. The van der Waals surface area contributed by atoms with Gasteiger partial charge in [0.05, 0.1) is 6.61 Å². The number of aromatic nitrogens is 1. The van der Waals surface area contributed by atoms with E-state index in [-0.39, 0.29) is 0 Å². The Balaban J connectivity index is 2.55. The second-order valence-corrected chi connectivity index (χ2v) is 2.77. The van der Waals surface area contributed by atoms with Crippen LogP contribution in [-0.2, 0) is 17.6 Å². The first-order valence-electron chi connectivity index (χ1n) is 4.60. The van der Waals surface area contributed by atoms with Gasteiger partial charge in [-0.15, -0.1) is 0 Å². The van der Waals surface area contributed by atoms with Crippen molar-refractivity contribution in [3.63, 3.8) is 0 Å². The van der Waals surface area contributed by atoms with Crippen molar-refractivity contribution in [1.29, 1.82) is 0 Å². The van der Waals surface area contributed by atoms with E-state index in [2.05, 4.69) is 5.16 Å². The van der Waals surface area contributed by atoms with Crippen LogP contribution in [0, 0.1) is 0 Å². The number of ether oxygens (including phenoxy) is 1. The molecular weight excluding hydrogens is 168 g/mol. The lowest BCUT2D eigenvalue weighted by atomic mass is 10.1. The van der Waals surface area contributed by atoms with Crippen molar-refractivity contribution in [2.45, 2.75) is 26.7 Å². The SMILES string of the molecule is CCOCCc1onc(N)c1CC. The summed E-state index contributed by atoms with van der Waals surface area (Å²) in [5.74, 6) is 1.36. The number of nitrogen functional groups attached to an aromatic ring is 1. The molecule has 4 heteroatoms. The highest BCUT2D eigenvalue weighted by Crippen LogP contribution is 2.17. The first-order valence-corrected chi connectivity index (χ1v) is 4.60. The molecule has 74 valence electrons. The summed E-state index contributed by atoms with van der Waals surface area (Å²) >= 11 is 0. The van der Waals surface area contributed by atoms with E-state index in [1.54, 1.807) is 0 Å². The van der Waals surface area contributed by atoms with E-state index in [9.17, 15) is 0 Å². The molecule has 1 aromatic rings. The normalized spacial score (nSPS) is 10.6. The molecule has 13 heavy (non-hydrogen) atoms. The van der Waals surface area contributed by atoms with Crippen molar-refractivity contribution in [2.24, 2.45) is 0 Å². The summed E-state index contributed by atoms with van der Waals surface area (Å²) in [6.45, 7) is 5.39. The predicted octanol–water partition coefficient (Wildman–Crippen LogP) is 1.40. The Kier molecular flexibility index (Phi) is 3.76. The third-order valence-electron chi connectivity index (χ3n) is 1.93. The third-order valence-corrected chi connectivity index (χ3v) is 1.93. The lowest BCUT2D eigenvalue weighted by Crippen LogP contribution is -1.99. The minimum Gasteiger partial charge on any atom is -0.381 e. The second-order valence-electron chi connectivity index (χ2n) is 2.77. The van der Waals surface area contributed by atoms with Crippen LogP contribution >= 0.6 is 0 Å². The van der Waals surface area contributed by atoms with E-state index in [0.29, 0.717) is 12.4 Å². The molecule has 4 nitrogen and oxygen atoms in total. The quantitative estimate of drug-likeness (QED) is 0.702. The van der Waals surface area contributed by atoms with Gasteiger partial charge in [0, 0.05) is 18.6 Å². The first-order chi connectivity index (χ1) is 6.29. The molecule has 0 bridgehead atoms. The van der Waals surface area contributed by atoms with E-state index in [1.807, 2.05) is 13.8 Å². The molecule has 0 saturated carbocycles. The van der Waals surface area contributed by atoms with Gasteiger partial charge in [0.2, 0.25) is 0 Å². The van der Waals surface area contributed by atoms with Gasteiger partial charge in [-0.1, -0.05) is 12.1 Å². The van der Waals surface area contributed by atoms with Gasteiger partial charge in [0.1, 0.15) is 5.76 Å². The molecule has 2 N–H and O–H groups in total. The zero-order valence-corrected chi connectivity index (χ0v) is 8.17. The van der Waals surface area contributed by atoms with Gasteiger partial charge in [-0.05, 0) is 13.3 Å². The van der Waals surface area contributed by atoms with E-state index < -0.39 is 0 Å². The van der Waals surface area contributed by atoms with E-state index in [0.717, 1.165) is 30.8 Å². The highest BCUT2D eigenvalue weighted by molar-refractivity contribution is 5.40. The summed E-state index contributed by atoms with van der Waals surface area (Å²) < 4.78 is 10.3. The number of rotatable bonds is 5. The van der Waals surface area contributed by atoms with Crippen LogP contribution in [0.1, 0.15) is 25.2 Å². The molecule has 0 atom stereocenters. The third kappa shape index (κ3) is 2.45. The molecule has 0 aromatic carbocycles. The summed E-state index contributed by atoms with van der Waals surface area (Å²) in [4.78, 5) is 0. The molecule has 0 radical (unpaired) electrons. The number of hydrogen-bond acceptors (Lipinski definition) is 4. The van der Waals surface area contributed by atoms with Gasteiger partial charge >= 0.3 is 0 Å². The molecule has 1 rings (SSSR count). The number of nitrogens with two attached hydrogens (primary N) is 1. The summed E-state index contributed by atoms with van der Waals surface area (Å²) in [5, 5.41) is 3.71. The van der Waals surface area contributed by atoms with Crippen LogP contribution in [0.2, 0.25) is 0 Å². The van der Waals surface area contributed by atoms with Gasteiger partial charge in [-0.3, -0.25) is 0 Å². The van der Waals surface area contributed by atoms with Crippen molar-refractivity contribution < 1.29 is 9.26 Å². The van der Waals surface area contributed by atoms with Crippen LogP contribution in [0.25, 0.3) is 0 Å². The summed E-state index contributed by atoms with van der Waals surface area (Å²) in [6.07, 6.45) is 1.61. The van der Waals surface area contributed by atoms with Gasteiger partial charge < -0.3 is 15.0 Å². The van der Waals surface area contributed by atoms with Crippen molar-refractivity contribution in [3.8, 4) is 0 Å².